The summed E-state index contributed by atoms with van der Waals surface area (Å²) in [6.07, 6.45) is 2.94. The minimum absolute atomic E-state index is 0.00249. The number of rotatable bonds is 17. The molecule has 0 aliphatic carbocycles. The lowest BCUT2D eigenvalue weighted by Crippen LogP contribution is -2.61. The standard InChI is InChI=1S/C40H46N2O5/c1-30(2)28-42(29-36(37(43)44)21-13-12-16-31-14-6-3-7-15-31)39(47)41-40(38(45)46,26-32-17-8-4-9-18-32)27-33-22-24-35(25-23-33)34-19-10-5-11-20-34/h3-11,14-15,17-20,22-25,30,36H,12-13,16,21,26-29H2,1-2H3,(H,41,47)(H,43,44)(H,45,46)/t36?,40-/m0/s1. The molecule has 2 amide bonds. The number of carboxylic acid groups (broad SMARTS) is 2. The molecule has 1 unspecified atom stereocenters. The predicted molar refractivity (Wildman–Crippen MR) is 186 cm³/mol. The van der Waals surface area contributed by atoms with E-state index < -0.39 is 29.4 Å². The molecular weight excluding hydrogens is 588 g/mol. The molecule has 4 aromatic carbocycles. The van der Waals surface area contributed by atoms with Crippen molar-refractivity contribution in [2.45, 2.75) is 57.9 Å². The van der Waals surface area contributed by atoms with Gasteiger partial charge >= 0.3 is 18.0 Å². The number of amides is 2. The van der Waals surface area contributed by atoms with Crippen molar-refractivity contribution >= 4 is 18.0 Å². The van der Waals surface area contributed by atoms with Crippen molar-refractivity contribution in [3.05, 3.63) is 132 Å². The van der Waals surface area contributed by atoms with Gasteiger partial charge in [-0.15, -0.1) is 0 Å². The van der Waals surface area contributed by atoms with E-state index in [1.165, 1.54) is 10.5 Å². The van der Waals surface area contributed by atoms with Gasteiger partial charge in [-0.3, -0.25) is 4.79 Å². The van der Waals surface area contributed by atoms with Crippen LogP contribution in [0.15, 0.2) is 115 Å². The van der Waals surface area contributed by atoms with E-state index in [2.05, 4.69) is 17.4 Å². The summed E-state index contributed by atoms with van der Waals surface area (Å²) in [5.74, 6) is -2.83. The van der Waals surface area contributed by atoms with Gasteiger partial charge in [0, 0.05) is 25.9 Å². The predicted octanol–water partition coefficient (Wildman–Crippen LogP) is 7.74. The molecule has 0 aliphatic rings. The van der Waals surface area contributed by atoms with E-state index in [1.54, 1.807) is 0 Å². The normalized spacial score (nSPS) is 13.0. The number of benzene rings is 4. The molecular formula is C40H46N2O5. The van der Waals surface area contributed by atoms with Crippen molar-refractivity contribution in [3.8, 4) is 11.1 Å². The molecule has 0 saturated carbocycles. The number of carboxylic acids is 2. The van der Waals surface area contributed by atoms with Gasteiger partial charge in [0.25, 0.3) is 0 Å². The van der Waals surface area contributed by atoms with Gasteiger partial charge in [0.2, 0.25) is 0 Å². The summed E-state index contributed by atoms with van der Waals surface area (Å²) in [4.78, 5) is 41.1. The summed E-state index contributed by atoms with van der Waals surface area (Å²) in [6.45, 7) is 4.21. The molecule has 0 heterocycles. The van der Waals surface area contributed by atoms with Crippen LogP contribution in [-0.4, -0.2) is 51.7 Å². The average molecular weight is 635 g/mol. The van der Waals surface area contributed by atoms with Gasteiger partial charge in [0.15, 0.2) is 0 Å². The monoisotopic (exact) mass is 634 g/mol. The Morgan fingerprint density at radius 3 is 1.70 bits per heavy atom. The Kier molecular flexibility index (Phi) is 12.7. The fourth-order valence-corrected chi connectivity index (χ4v) is 5.98. The number of carbonyl (C=O) groups is 3. The molecule has 0 aliphatic heterocycles. The number of unbranched alkanes of at least 4 members (excludes halogenated alkanes) is 1. The van der Waals surface area contributed by atoms with Gasteiger partial charge in [-0.05, 0) is 53.0 Å². The summed E-state index contributed by atoms with van der Waals surface area (Å²) in [7, 11) is 0. The lowest BCUT2D eigenvalue weighted by molar-refractivity contribution is -0.145. The summed E-state index contributed by atoms with van der Waals surface area (Å²) in [5, 5.41) is 23.8. The van der Waals surface area contributed by atoms with Crippen LogP contribution in [0.5, 0.6) is 0 Å². The summed E-state index contributed by atoms with van der Waals surface area (Å²) in [6, 6.07) is 36.4. The SMILES string of the molecule is CC(C)CN(CC(CCCCc1ccccc1)C(=O)O)C(=O)N[C@@](Cc1ccccc1)(Cc1ccc(-c2ccccc2)cc1)C(=O)O. The Balaban J connectivity index is 1.55. The van der Waals surface area contributed by atoms with Crippen LogP contribution in [-0.2, 0) is 28.9 Å². The Morgan fingerprint density at radius 1 is 0.660 bits per heavy atom. The highest BCUT2D eigenvalue weighted by molar-refractivity contribution is 5.87. The Labute approximate surface area is 278 Å². The van der Waals surface area contributed by atoms with Crippen LogP contribution in [0.25, 0.3) is 11.1 Å². The fourth-order valence-electron chi connectivity index (χ4n) is 5.98. The summed E-state index contributed by atoms with van der Waals surface area (Å²) in [5.41, 5.74) is 3.13. The van der Waals surface area contributed by atoms with Gasteiger partial charge in [-0.1, -0.05) is 136 Å². The maximum Gasteiger partial charge on any atom is 0.330 e. The van der Waals surface area contributed by atoms with E-state index in [0.717, 1.165) is 35.1 Å². The maximum atomic E-state index is 14.0. The smallest absolute Gasteiger partial charge is 0.330 e. The largest absolute Gasteiger partial charge is 0.481 e. The number of hydrogen-bond acceptors (Lipinski definition) is 3. The van der Waals surface area contributed by atoms with E-state index >= 15 is 0 Å². The third-order valence-corrected chi connectivity index (χ3v) is 8.44. The zero-order chi connectivity index (χ0) is 33.6. The highest BCUT2D eigenvalue weighted by Gasteiger charge is 2.42. The molecule has 0 aromatic heterocycles. The van der Waals surface area contributed by atoms with Crippen molar-refractivity contribution in [2.24, 2.45) is 11.8 Å². The quantitative estimate of drug-likeness (QED) is 0.103. The number of nitrogens with zero attached hydrogens (tertiary/aromatic N) is 1. The van der Waals surface area contributed by atoms with E-state index in [1.807, 2.05) is 117 Å². The first-order chi connectivity index (χ1) is 22.6. The van der Waals surface area contributed by atoms with Crippen LogP contribution in [0.4, 0.5) is 4.79 Å². The third-order valence-electron chi connectivity index (χ3n) is 8.44. The Hall–Kier alpha value is -4.91. The van der Waals surface area contributed by atoms with Crippen molar-refractivity contribution in [1.82, 2.24) is 10.2 Å². The number of carbonyl (C=O) groups excluding carboxylic acids is 1. The van der Waals surface area contributed by atoms with Crippen LogP contribution < -0.4 is 5.32 Å². The zero-order valence-electron chi connectivity index (χ0n) is 27.3. The van der Waals surface area contributed by atoms with Crippen molar-refractivity contribution < 1.29 is 24.6 Å². The van der Waals surface area contributed by atoms with Crippen LogP contribution >= 0.6 is 0 Å². The molecule has 3 N–H and O–H groups in total. The molecule has 0 radical (unpaired) electrons. The molecule has 4 rings (SSSR count). The summed E-state index contributed by atoms with van der Waals surface area (Å²) >= 11 is 0. The number of nitrogens with one attached hydrogen (secondary N) is 1. The number of hydrogen-bond donors (Lipinski definition) is 3. The topological polar surface area (TPSA) is 107 Å². The van der Waals surface area contributed by atoms with Gasteiger partial charge in [0.05, 0.1) is 5.92 Å². The van der Waals surface area contributed by atoms with E-state index in [-0.39, 0.29) is 25.3 Å². The molecule has 47 heavy (non-hydrogen) atoms. The first-order valence-corrected chi connectivity index (χ1v) is 16.4. The van der Waals surface area contributed by atoms with E-state index in [9.17, 15) is 24.6 Å². The highest BCUT2D eigenvalue weighted by Crippen LogP contribution is 2.25. The second kappa shape index (κ2) is 17.1. The van der Waals surface area contributed by atoms with Gasteiger partial charge in [-0.2, -0.15) is 0 Å². The molecule has 0 saturated heterocycles. The second-order valence-corrected chi connectivity index (χ2v) is 12.8. The van der Waals surface area contributed by atoms with E-state index in [4.69, 9.17) is 0 Å². The van der Waals surface area contributed by atoms with Gasteiger partial charge in [0.1, 0.15) is 5.54 Å². The zero-order valence-corrected chi connectivity index (χ0v) is 27.3. The van der Waals surface area contributed by atoms with E-state index in [0.29, 0.717) is 19.4 Å². The van der Waals surface area contributed by atoms with Gasteiger partial charge < -0.3 is 20.4 Å². The van der Waals surface area contributed by atoms with Crippen LogP contribution in [0.1, 0.15) is 49.8 Å². The number of urea groups is 1. The Bertz CT molecular complexity index is 1560. The van der Waals surface area contributed by atoms with Crippen molar-refractivity contribution in [3.63, 3.8) is 0 Å². The fraction of sp³-hybridized carbons (Fsp3) is 0.325. The maximum absolute atomic E-state index is 14.0. The average Bonchev–Trinajstić information content (AvgIpc) is 3.07. The molecule has 0 bridgehead atoms. The second-order valence-electron chi connectivity index (χ2n) is 12.8. The van der Waals surface area contributed by atoms with Crippen LogP contribution in [0.2, 0.25) is 0 Å². The lowest BCUT2D eigenvalue weighted by atomic mass is 9.84. The van der Waals surface area contributed by atoms with Crippen molar-refractivity contribution in [1.29, 1.82) is 0 Å². The molecule has 0 spiro atoms. The molecule has 2 atom stereocenters. The Morgan fingerprint density at radius 2 is 1.17 bits per heavy atom. The number of aliphatic carboxylic acids is 2. The lowest BCUT2D eigenvalue weighted by Gasteiger charge is -2.35. The van der Waals surface area contributed by atoms with Crippen molar-refractivity contribution in [2.75, 3.05) is 13.1 Å². The molecule has 7 heteroatoms. The number of aryl methyl sites for hydroxylation is 1. The molecule has 0 fully saturated rings. The minimum atomic E-state index is -1.67. The molecule has 4 aromatic rings. The van der Waals surface area contributed by atoms with Crippen LogP contribution in [0.3, 0.4) is 0 Å². The van der Waals surface area contributed by atoms with Gasteiger partial charge in [-0.25, -0.2) is 9.59 Å². The first-order valence-electron chi connectivity index (χ1n) is 16.4. The summed E-state index contributed by atoms with van der Waals surface area (Å²) < 4.78 is 0. The minimum Gasteiger partial charge on any atom is -0.481 e. The highest BCUT2D eigenvalue weighted by atomic mass is 16.4. The first kappa shape index (κ1) is 35.0. The molecule has 246 valence electrons. The third kappa shape index (κ3) is 10.6. The van der Waals surface area contributed by atoms with Crippen LogP contribution in [0, 0.1) is 11.8 Å². The molecule has 7 nitrogen and oxygen atoms in total.